The number of halogens is 2. The Balaban J connectivity index is 2.00. The Morgan fingerprint density at radius 3 is 2.47 bits per heavy atom. The van der Waals surface area contributed by atoms with Crippen LogP contribution < -0.4 is 10.6 Å². The number of hydrogen-bond acceptors (Lipinski definition) is 6. The van der Waals surface area contributed by atoms with Crippen LogP contribution in [-0.4, -0.2) is 35.4 Å². The number of anilines is 1. The highest BCUT2D eigenvalue weighted by atomic mass is 35.5. The van der Waals surface area contributed by atoms with Crippen LogP contribution in [0.1, 0.15) is 29.8 Å². The summed E-state index contributed by atoms with van der Waals surface area (Å²) in [6, 6.07) is 6.48. The van der Waals surface area contributed by atoms with Gasteiger partial charge in [-0.2, -0.15) is 0 Å². The maximum absolute atomic E-state index is 13.6. The van der Waals surface area contributed by atoms with Gasteiger partial charge in [-0.15, -0.1) is 0 Å². The summed E-state index contributed by atoms with van der Waals surface area (Å²) in [6.45, 7) is 4.21. The second-order valence-electron chi connectivity index (χ2n) is 7.24. The fourth-order valence-electron chi connectivity index (χ4n) is 2.61. The molecule has 0 aliphatic heterocycles. The molecule has 2 aromatic rings. The molecule has 2 amide bonds. The molecule has 2 rings (SSSR count). The Morgan fingerprint density at radius 2 is 1.88 bits per heavy atom. The van der Waals surface area contributed by atoms with Gasteiger partial charge < -0.3 is 15.4 Å². The number of hydrogen-bond donors (Lipinski definition) is 2. The summed E-state index contributed by atoms with van der Waals surface area (Å²) < 4.78 is 18.6. The van der Waals surface area contributed by atoms with Crippen molar-refractivity contribution in [2.24, 2.45) is 5.92 Å². The van der Waals surface area contributed by atoms with Crippen molar-refractivity contribution in [2.75, 3.05) is 11.9 Å². The number of aryl methyl sites for hydroxylation is 1. The number of rotatable bonds is 8. The number of nitrogens with zero attached hydrogens (tertiary/aromatic N) is 1. The Hall–Kier alpha value is -3.53. The van der Waals surface area contributed by atoms with Crippen LogP contribution in [0.2, 0.25) is 5.02 Å². The highest BCUT2D eigenvalue weighted by Gasteiger charge is 2.27. The molecule has 2 aromatic carbocycles. The van der Waals surface area contributed by atoms with Gasteiger partial charge in [0.2, 0.25) is 0 Å². The van der Waals surface area contributed by atoms with Gasteiger partial charge in [0, 0.05) is 17.3 Å². The van der Waals surface area contributed by atoms with E-state index in [1.165, 1.54) is 24.3 Å². The average molecular weight is 466 g/mol. The molecule has 0 saturated heterocycles. The fourth-order valence-corrected chi connectivity index (χ4v) is 2.80. The zero-order valence-corrected chi connectivity index (χ0v) is 18.2. The number of amides is 2. The minimum absolute atomic E-state index is 0.0707. The molecular formula is C21H21ClFN3O6. The molecule has 0 bridgehead atoms. The van der Waals surface area contributed by atoms with Crippen molar-refractivity contribution in [3.8, 4) is 0 Å². The van der Waals surface area contributed by atoms with Crippen molar-refractivity contribution in [3.63, 3.8) is 0 Å². The molecule has 32 heavy (non-hydrogen) atoms. The number of nitro benzene ring substituents is 1. The first-order valence-electron chi connectivity index (χ1n) is 9.47. The van der Waals surface area contributed by atoms with Gasteiger partial charge in [-0.05, 0) is 42.7 Å². The van der Waals surface area contributed by atoms with Crippen molar-refractivity contribution in [3.05, 3.63) is 68.5 Å². The molecule has 0 spiro atoms. The van der Waals surface area contributed by atoms with Crippen LogP contribution in [0.3, 0.4) is 0 Å². The number of nitro groups is 1. The molecule has 0 fully saturated rings. The van der Waals surface area contributed by atoms with Crippen molar-refractivity contribution in [1.29, 1.82) is 0 Å². The van der Waals surface area contributed by atoms with E-state index in [2.05, 4.69) is 10.6 Å². The van der Waals surface area contributed by atoms with E-state index in [1.807, 2.05) is 0 Å². The first-order chi connectivity index (χ1) is 15.0. The van der Waals surface area contributed by atoms with Gasteiger partial charge in [0.25, 0.3) is 17.5 Å². The molecule has 0 aliphatic rings. The van der Waals surface area contributed by atoms with Crippen molar-refractivity contribution in [2.45, 2.75) is 26.8 Å². The number of carbonyl (C=O) groups is 3. The van der Waals surface area contributed by atoms with Crippen LogP contribution in [-0.2, 0) is 14.3 Å². The van der Waals surface area contributed by atoms with E-state index < -0.39 is 52.8 Å². The van der Waals surface area contributed by atoms with Gasteiger partial charge in [0.1, 0.15) is 16.9 Å². The van der Waals surface area contributed by atoms with E-state index in [-0.39, 0.29) is 16.3 Å². The van der Waals surface area contributed by atoms with Crippen molar-refractivity contribution < 1.29 is 28.4 Å². The van der Waals surface area contributed by atoms with Gasteiger partial charge in [0.05, 0.1) is 4.92 Å². The lowest BCUT2D eigenvalue weighted by molar-refractivity contribution is -0.384. The zero-order chi connectivity index (χ0) is 24.0. The first kappa shape index (κ1) is 24.7. The topological polar surface area (TPSA) is 128 Å². The van der Waals surface area contributed by atoms with E-state index in [1.54, 1.807) is 20.8 Å². The van der Waals surface area contributed by atoms with E-state index in [0.29, 0.717) is 5.56 Å². The third-order valence-corrected chi connectivity index (χ3v) is 4.73. The van der Waals surface area contributed by atoms with Gasteiger partial charge in [-0.25, -0.2) is 9.18 Å². The number of carbonyl (C=O) groups excluding carboxylic acids is 3. The predicted molar refractivity (Wildman–Crippen MR) is 115 cm³/mol. The quantitative estimate of drug-likeness (QED) is 0.348. The highest BCUT2D eigenvalue weighted by Crippen LogP contribution is 2.25. The summed E-state index contributed by atoms with van der Waals surface area (Å²) in [5.41, 5.74) is 0.0917. The standard InChI is InChI=1S/C21H21ClFN3O6/c1-11(2)19(25-20(28)13-5-7-15(22)17(8-13)26(30)31)21(29)32-10-18(27)24-14-6-4-12(3)16(23)9-14/h4-9,11,19H,10H2,1-3H3,(H,24,27)(H,25,28)/t19-/m0/s1. The van der Waals surface area contributed by atoms with E-state index in [4.69, 9.17) is 16.3 Å². The third-order valence-electron chi connectivity index (χ3n) is 4.41. The number of benzene rings is 2. The van der Waals surface area contributed by atoms with Crippen LogP contribution in [0.15, 0.2) is 36.4 Å². The summed E-state index contributed by atoms with van der Waals surface area (Å²) in [7, 11) is 0. The molecule has 0 aliphatic carbocycles. The molecule has 0 saturated carbocycles. The van der Waals surface area contributed by atoms with Gasteiger partial charge >= 0.3 is 5.97 Å². The summed E-state index contributed by atoms with van der Waals surface area (Å²) in [4.78, 5) is 47.2. The van der Waals surface area contributed by atoms with Crippen molar-refractivity contribution in [1.82, 2.24) is 5.32 Å². The lowest BCUT2D eigenvalue weighted by Crippen LogP contribution is -2.46. The van der Waals surface area contributed by atoms with Gasteiger partial charge in [-0.3, -0.25) is 19.7 Å². The molecule has 0 aromatic heterocycles. The Kier molecular flexibility index (Phi) is 8.25. The van der Waals surface area contributed by atoms with E-state index >= 15 is 0 Å². The van der Waals surface area contributed by atoms with Crippen LogP contribution in [0.5, 0.6) is 0 Å². The van der Waals surface area contributed by atoms with Crippen LogP contribution in [0.4, 0.5) is 15.8 Å². The van der Waals surface area contributed by atoms with Crippen molar-refractivity contribution >= 4 is 40.8 Å². The van der Waals surface area contributed by atoms with E-state index in [0.717, 1.165) is 12.1 Å². The SMILES string of the molecule is Cc1ccc(NC(=O)COC(=O)[C@@H](NC(=O)c2ccc(Cl)c([N+](=O)[O-])c2)C(C)C)cc1F. The summed E-state index contributed by atoms with van der Waals surface area (Å²) >= 11 is 5.74. The summed E-state index contributed by atoms with van der Waals surface area (Å²) in [5.74, 6) is -3.22. The third kappa shape index (κ3) is 6.48. The number of esters is 1. The summed E-state index contributed by atoms with van der Waals surface area (Å²) in [6.07, 6.45) is 0. The largest absolute Gasteiger partial charge is 0.454 e. The minimum atomic E-state index is -1.12. The Labute approximate surface area is 188 Å². The zero-order valence-electron chi connectivity index (χ0n) is 17.5. The molecule has 0 heterocycles. The lowest BCUT2D eigenvalue weighted by atomic mass is 10.0. The average Bonchev–Trinajstić information content (AvgIpc) is 2.72. The maximum atomic E-state index is 13.6. The predicted octanol–water partition coefficient (Wildman–Crippen LogP) is 3.63. The molecule has 2 N–H and O–H groups in total. The fraction of sp³-hybridized carbons (Fsp3) is 0.286. The molecule has 170 valence electrons. The molecule has 1 atom stereocenters. The Bertz CT molecular complexity index is 1060. The second-order valence-corrected chi connectivity index (χ2v) is 7.65. The van der Waals surface area contributed by atoms with Gasteiger partial charge in [-0.1, -0.05) is 31.5 Å². The number of ether oxygens (including phenoxy) is 1. The monoisotopic (exact) mass is 465 g/mol. The summed E-state index contributed by atoms with van der Waals surface area (Å²) in [5, 5.41) is 15.7. The van der Waals surface area contributed by atoms with E-state index in [9.17, 15) is 28.9 Å². The second kappa shape index (κ2) is 10.7. The maximum Gasteiger partial charge on any atom is 0.329 e. The molecule has 0 unspecified atom stereocenters. The van der Waals surface area contributed by atoms with Gasteiger partial charge in [0.15, 0.2) is 6.61 Å². The Morgan fingerprint density at radius 1 is 1.19 bits per heavy atom. The molecule has 0 radical (unpaired) electrons. The van der Waals surface area contributed by atoms with Crippen LogP contribution in [0, 0.1) is 28.8 Å². The smallest absolute Gasteiger partial charge is 0.329 e. The minimum Gasteiger partial charge on any atom is -0.454 e. The molecule has 9 nitrogen and oxygen atoms in total. The normalized spacial score (nSPS) is 11.6. The van der Waals surface area contributed by atoms with Crippen LogP contribution in [0.25, 0.3) is 0 Å². The molecule has 11 heteroatoms. The molecular weight excluding hydrogens is 445 g/mol. The van der Waals surface area contributed by atoms with Crippen LogP contribution >= 0.6 is 11.6 Å². The highest BCUT2D eigenvalue weighted by molar-refractivity contribution is 6.32. The number of nitrogens with one attached hydrogen (secondary N) is 2. The lowest BCUT2D eigenvalue weighted by Gasteiger charge is -2.20. The first-order valence-corrected chi connectivity index (χ1v) is 9.84.